The summed E-state index contributed by atoms with van der Waals surface area (Å²) in [6, 6.07) is 0. The highest BCUT2D eigenvalue weighted by Crippen LogP contribution is 2.56. The van der Waals surface area contributed by atoms with Gasteiger partial charge in [-0.3, -0.25) is 0 Å². The minimum Gasteiger partial charge on any atom is -0.393 e. The Morgan fingerprint density at radius 2 is 2.11 bits per heavy atom. The van der Waals surface area contributed by atoms with Gasteiger partial charge in [-0.25, -0.2) is 0 Å². The number of aliphatic hydroxyl groups is 1. The van der Waals surface area contributed by atoms with Crippen LogP contribution in [0.3, 0.4) is 0 Å². The summed E-state index contributed by atoms with van der Waals surface area (Å²) in [6.07, 6.45) is 4.99. The van der Waals surface area contributed by atoms with Crippen molar-refractivity contribution in [2.45, 2.75) is 38.7 Å². The van der Waals surface area contributed by atoms with Crippen molar-refractivity contribution in [1.29, 1.82) is 0 Å². The van der Waals surface area contributed by atoms with Crippen LogP contribution in [0.1, 0.15) is 32.6 Å². The van der Waals surface area contributed by atoms with E-state index >= 15 is 0 Å². The number of hydrogen-bond donors (Lipinski definition) is 1. The lowest BCUT2D eigenvalue weighted by Crippen LogP contribution is -2.40. The van der Waals surface area contributed by atoms with E-state index in [-0.39, 0.29) is 6.10 Å². The number of hydrogen-bond acceptors (Lipinski definition) is 1. The fraction of sp³-hybridized carbons (Fsp3) is 1.00. The SMILES string of the molecule is C[C@@]12CC[C@@H]1CC[C@H]2O. The highest BCUT2D eigenvalue weighted by molar-refractivity contribution is 5.02. The summed E-state index contributed by atoms with van der Waals surface area (Å²) in [5.41, 5.74) is 0.347. The molecular formula is C8H14O. The van der Waals surface area contributed by atoms with E-state index in [9.17, 15) is 5.11 Å². The Balaban J connectivity index is 2.18. The molecule has 9 heavy (non-hydrogen) atoms. The number of fused-ring (bicyclic) bond motifs is 1. The van der Waals surface area contributed by atoms with Crippen LogP contribution in [0.15, 0.2) is 0 Å². The zero-order valence-corrected chi connectivity index (χ0v) is 5.93. The summed E-state index contributed by atoms with van der Waals surface area (Å²) in [5, 5.41) is 9.48. The molecule has 0 saturated heterocycles. The second kappa shape index (κ2) is 1.51. The normalized spacial score (nSPS) is 56.7. The van der Waals surface area contributed by atoms with Gasteiger partial charge in [0, 0.05) is 0 Å². The molecule has 2 fully saturated rings. The van der Waals surface area contributed by atoms with E-state index in [0.717, 1.165) is 12.3 Å². The van der Waals surface area contributed by atoms with E-state index in [2.05, 4.69) is 6.92 Å². The quantitative estimate of drug-likeness (QED) is 0.522. The Kier molecular flexibility index (Phi) is 0.963. The van der Waals surface area contributed by atoms with Gasteiger partial charge in [0.05, 0.1) is 6.10 Å². The Morgan fingerprint density at radius 1 is 1.33 bits per heavy atom. The number of rotatable bonds is 0. The molecule has 2 saturated carbocycles. The molecule has 0 aromatic heterocycles. The molecule has 2 aliphatic carbocycles. The summed E-state index contributed by atoms with van der Waals surface area (Å²) in [7, 11) is 0. The van der Waals surface area contributed by atoms with Gasteiger partial charge in [-0.2, -0.15) is 0 Å². The van der Waals surface area contributed by atoms with Gasteiger partial charge in [0.1, 0.15) is 0 Å². The highest BCUT2D eigenvalue weighted by Gasteiger charge is 2.51. The minimum atomic E-state index is 0.0243. The van der Waals surface area contributed by atoms with E-state index in [0.29, 0.717) is 5.41 Å². The summed E-state index contributed by atoms with van der Waals surface area (Å²) in [5.74, 6) is 0.868. The first-order chi connectivity index (χ1) is 4.23. The Morgan fingerprint density at radius 3 is 2.33 bits per heavy atom. The lowest BCUT2D eigenvalue weighted by atomic mass is 9.62. The van der Waals surface area contributed by atoms with Crippen molar-refractivity contribution in [2.75, 3.05) is 0 Å². The molecule has 2 rings (SSSR count). The molecule has 0 radical (unpaired) electrons. The zero-order valence-electron chi connectivity index (χ0n) is 5.93. The fourth-order valence-corrected chi connectivity index (χ4v) is 2.41. The van der Waals surface area contributed by atoms with Crippen molar-refractivity contribution >= 4 is 0 Å². The first-order valence-electron chi connectivity index (χ1n) is 3.91. The van der Waals surface area contributed by atoms with Crippen LogP contribution >= 0.6 is 0 Å². The Hall–Kier alpha value is -0.0400. The van der Waals surface area contributed by atoms with Gasteiger partial charge >= 0.3 is 0 Å². The predicted molar refractivity (Wildman–Crippen MR) is 36.1 cm³/mol. The fourth-order valence-electron chi connectivity index (χ4n) is 2.41. The predicted octanol–water partition coefficient (Wildman–Crippen LogP) is 1.56. The van der Waals surface area contributed by atoms with Crippen LogP contribution in [0.25, 0.3) is 0 Å². The molecule has 3 atom stereocenters. The van der Waals surface area contributed by atoms with Crippen molar-refractivity contribution in [3.05, 3.63) is 0 Å². The lowest BCUT2D eigenvalue weighted by molar-refractivity contribution is -0.0250. The maximum atomic E-state index is 9.48. The Labute approximate surface area is 56.1 Å². The molecule has 0 aromatic carbocycles. The molecule has 52 valence electrons. The largest absolute Gasteiger partial charge is 0.393 e. The molecule has 0 aliphatic heterocycles. The van der Waals surface area contributed by atoms with Gasteiger partial charge < -0.3 is 5.11 Å². The molecule has 0 aromatic rings. The van der Waals surface area contributed by atoms with Crippen molar-refractivity contribution in [3.8, 4) is 0 Å². The standard InChI is InChI=1S/C8H14O/c1-8-5-4-6(8)2-3-7(8)9/h6-7,9H,2-5H2,1H3/t6-,7+,8+/m0/s1. The molecule has 1 heteroatoms. The van der Waals surface area contributed by atoms with E-state index in [1.165, 1.54) is 19.3 Å². The van der Waals surface area contributed by atoms with E-state index < -0.39 is 0 Å². The smallest absolute Gasteiger partial charge is 0.0596 e. The average molecular weight is 126 g/mol. The molecule has 0 heterocycles. The molecule has 0 amide bonds. The van der Waals surface area contributed by atoms with Crippen LogP contribution in [0.5, 0.6) is 0 Å². The second-order valence-corrected chi connectivity index (χ2v) is 3.83. The third-order valence-corrected chi connectivity index (χ3v) is 3.51. The van der Waals surface area contributed by atoms with Crippen molar-refractivity contribution in [2.24, 2.45) is 11.3 Å². The van der Waals surface area contributed by atoms with Gasteiger partial charge in [0.2, 0.25) is 0 Å². The topological polar surface area (TPSA) is 20.2 Å². The Bertz CT molecular complexity index is 125. The lowest BCUT2D eigenvalue weighted by Gasteiger charge is -2.44. The summed E-state index contributed by atoms with van der Waals surface area (Å²) in [6.45, 7) is 2.23. The highest BCUT2D eigenvalue weighted by atomic mass is 16.3. The third-order valence-electron chi connectivity index (χ3n) is 3.51. The number of aliphatic hydroxyl groups excluding tert-OH is 1. The monoisotopic (exact) mass is 126 g/mol. The van der Waals surface area contributed by atoms with Crippen molar-refractivity contribution in [1.82, 2.24) is 0 Å². The molecule has 2 aliphatic rings. The van der Waals surface area contributed by atoms with Crippen molar-refractivity contribution in [3.63, 3.8) is 0 Å². The summed E-state index contributed by atoms with van der Waals surface area (Å²) in [4.78, 5) is 0. The summed E-state index contributed by atoms with van der Waals surface area (Å²) < 4.78 is 0. The molecule has 0 spiro atoms. The molecule has 0 bridgehead atoms. The third kappa shape index (κ3) is 0.536. The zero-order chi connectivity index (χ0) is 6.48. The maximum Gasteiger partial charge on any atom is 0.0596 e. The molecular weight excluding hydrogens is 112 g/mol. The van der Waals surface area contributed by atoms with E-state index in [1.54, 1.807) is 0 Å². The van der Waals surface area contributed by atoms with Gasteiger partial charge in [-0.05, 0) is 37.0 Å². The van der Waals surface area contributed by atoms with Gasteiger partial charge in [-0.1, -0.05) is 6.92 Å². The van der Waals surface area contributed by atoms with Crippen LogP contribution < -0.4 is 0 Å². The van der Waals surface area contributed by atoms with Crippen molar-refractivity contribution < 1.29 is 5.11 Å². The average Bonchev–Trinajstić information content (AvgIpc) is 1.96. The van der Waals surface area contributed by atoms with Crippen LogP contribution in [0.2, 0.25) is 0 Å². The summed E-state index contributed by atoms with van der Waals surface area (Å²) >= 11 is 0. The molecule has 1 nitrogen and oxygen atoms in total. The van der Waals surface area contributed by atoms with Crippen LogP contribution in [-0.4, -0.2) is 11.2 Å². The minimum absolute atomic E-state index is 0.0243. The molecule has 0 unspecified atom stereocenters. The van der Waals surface area contributed by atoms with Gasteiger partial charge in [0.15, 0.2) is 0 Å². The maximum absolute atomic E-state index is 9.48. The first-order valence-corrected chi connectivity index (χ1v) is 3.91. The van der Waals surface area contributed by atoms with E-state index in [4.69, 9.17) is 0 Å². The van der Waals surface area contributed by atoms with Crippen LogP contribution in [-0.2, 0) is 0 Å². The molecule has 1 N–H and O–H groups in total. The van der Waals surface area contributed by atoms with Crippen LogP contribution in [0.4, 0.5) is 0 Å². The second-order valence-electron chi connectivity index (χ2n) is 3.83. The van der Waals surface area contributed by atoms with Gasteiger partial charge in [0.25, 0.3) is 0 Å². The first kappa shape index (κ1) is 5.72. The van der Waals surface area contributed by atoms with Crippen LogP contribution in [0, 0.1) is 11.3 Å². The van der Waals surface area contributed by atoms with E-state index in [1.807, 2.05) is 0 Å². The van der Waals surface area contributed by atoms with Gasteiger partial charge in [-0.15, -0.1) is 0 Å².